The van der Waals surface area contributed by atoms with Gasteiger partial charge in [0.2, 0.25) is 0 Å². The molecule has 0 spiro atoms. The lowest BCUT2D eigenvalue weighted by Crippen LogP contribution is -2.40. The first kappa shape index (κ1) is 17.1. The van der Waals surface area contributed by atoms with E-state index in [0.717, 1.165) is 51.3 Å². The topological polar surface area (TPSA) is 53.6 Å². The van der Waals surface area contributed by atoms with Gasteiger partial charge in [0.15, 0.2) is 0 Å². The molecule has 2 N–H and O–H groups in total. The van der Waals surface area contributed by atoms with Gasteiger partial charge in [-0.1, -0.05) is 11.6 Å². The molecular formula is C16H24ClN3O2. The van der Waals surface area contributed by atoms with Crippen LogP contribution in [-0.4, -0.2) is 50.8 Å². The van der Waals surface area contributed by atoms with Crippen LogP contribution in [0.3, 0.4) is 0 Å². The second kappa shape index (κ2) is 8.98. The Morgan fingerprint density at radius 3 is 2.64 bits per heavy atom. The number of piperidine rings is 1. The number of carbonyl (C=O) groups is 1. The standard InChI is InChI=1S/C16H24ClN3O2/c1-22-11-10-20-8-6-13(7-9-20)12-18-16(21)19-15-4-2-14(17)3-5-15/h2-5,13H,6-12H2,1H3,(H2,18,19,21). The average Bonchev–Trinajstić information content (AvgIpc) is 2.54. The summed E-state index contributed by atoms with van der Waals surface area (Å²) in [6.45, 7) is 4.65. The smallest absolute Gasteiger partial charge is 0.319 e. The number of nitrogens with zero attached hydrogens (tertiary/aromatic N) is 1. The van der Waals surface area contributed by atoms with Crippen LogP contribution >= 0.6 is 11.6 Å². The normalized spacial score (nSPS) is 16.5. The molecule has 0 bridgehead atoms. The van der Waals surface area contributed by atoms with Crippen molar-refractivity contribution in [3.05, 3.63) is 29.3 Å². The summed E-state index contributed by atoms with van der Waals surface area (Å²) < 4.78 is 5.10. The Morgan fingerprint density at radius 1 is 1.32 bits per heavy atom. The van der Waals surface area contributed by atoms with Crippen molar-refractivity contribution in [2.75, 3.05) is 45.2 Å². The summed E-state index contributed by atoms with van der Waals surface area (Å²) in [5, 5.41) is 6.42. The average molecular weight is 326 g/mol. The molecule has 2 rings (SSSR count). The third-order valence-corrected chi connectivity index (χ3v) is 4.22. The molecule has 1 saturated heterocycles. The molecule has 0 saturated carbocycles. The largest absolute Gasteiger partial charge is 0.383 e. The molecule has 6 heteroatoms. The molecule has 1 aliphatic heterocycles. The van der Waals surface area contributed by atoms with Crippen LogP contribution in [0.5, 0.6) is 0 Å². The van der Waals surface area contributed by atoms with Crippen molar-refractivity contribution in [2.45, 2.75) is 12.8 Å². The Morgan fingerprint density at radius 2 is 2.00 bits per heavy atom. The molecule has 22 heavy (non-hydrogen) atoms. The molecule has 0 radical (unpaired) electrons. The maximum absolute atomic E-state index is 11.9. The van der Waals surface area contributed by atoms with Gasteiger partial charge in [-0.05, 0) is 56.1 Å². The summed E-state index contributed by atoms with van der Waals surface area (Å²) in [6, 6.07) is 6.93. The van der Waals surface area contributed by atoms with E-state index in [1.165, 1.54) is 0 Å². The van der Waals surface area contributed by atoms with Crippen LogP contribution in [0.2, 0.25) is 5.02 Å². The van der Waals surface area contributed by atoms with Crippen LogP contribution in [-0.2, 0) is 4.74 Å². The number of halogens is 1. The van der Waals surface area contributed by atoms with E-state index in [-0.39, 0.29) is 6.03 Å². The fourth-order valence-corrected chi connectivity index (χ4v) is 2.71. The number of nitrogens with one attached hydrogen (secondary N) is 2. The zero-order chi connectivity index (χ0) is 15.8. The molecule has 2 amide bonds. The Balaban J connectivity index is 1.64. The molecule has 1 aliphatic rings. The lowest BCUT2D eigenvalue weighted by molar-refractivity contribution is 0.120. The molecule has 1 fully saturated rings. The van der Waals surface area contributed by atoms with Crippen LogP contribution in [0.15, 0.2) is 24.3 Å². The van der Waals surface area contributed by atoms with Crippen molar-refractivity contribution in [3.8, 4) is 0 Å². The molecule has 1 aromatic carbocycles. The Bertz CT molecular complexity index is 459. The molecule has 0 aromatic heterocycles. The molecule has 1 aromatic rings. The quantitative estimate of drug-likeness (QED) is 0.845. The van der Waals surface area contributed by atoms with E-state index in [2.05, 4.69) is 15.5 Å². The van der Waals surface area contributed by atoms with Gasteiger partial charge in [0, 0.05) is 30.9 Å². The molecule has 5 nitrogen and oxygen atoms in total. The number of hydrogen-bond donors (Lipinski definition) is 2. The number of urea groups is 1. The van der Waals surface area contributed by atoms with Crippen molar-refractivity contribution in [2.24, 2.45) is 5.92 Å². The van der Waals surface area contributed by atoms with E-state index >= 15 is 0 Å². The van der Waals surface area contributed by atoms with E-state index in [1.807, 2.05) is 0 Å². The van der Waals surface area contributed by atoms with Gasteiger partial charge in [-0.2, -0.15) is 0 Å². The van der Waals surface area contributed by atoms with Gasteiger partial charge in [-0.3, -0.25) is 0 Å². The van der Waals surface area contributed by atoms with Crippen molar-refractivity contribution in [3.63, 3.8) is 0 Å². The minimum absolute atomic E-state index is 0.163. The molecule has 1 heterocycles. The maximum atomic E-state index is 11.9. The second-order valence-electron chi connectivity index (χ2n) is 5.62. The SMILES string of the molecule is COCCN1CCC(CNC(=O)Nc2ccc(Cl)cc2)CC1. The Kier molecular flexibility index (Phi) is 6.96. The number of anilines is 1. The molecular weight excluding hydrogens is 302 g/mol. The van der Waals surface area contributed by atoms with Gasteiger partial charge in [-0.25, -0.2) is 4.79 Å². The van der Waals surface area contributed by atoms with Gasteiger partial charge in [0.25, 0.3) is 0 Å². The van der Waals surface area contributed by atoms with Gasteiger partial charge in [-0.15, -0.1) is 0 Å². The number of hydrogen-bond acceptors (Lipinski definition) is 3. The minimum atomic E-state index is -0.163. The highest BCUT2D eigenvalue weighted by molar-refractivity contribution is 6.30. The van der Waals surface area contributed by atoms with Gasteiger partial charge in [0.05, 0.1) is 6.61 Å². The first-order chi connectivity index (χ1) is 10.7. The third-order valence-electron chi connectivity index (χ3n) is 3.97. The summed E-state index contributed by atoms with van der Waals surface area (Å²) in [7, 11) is 1.73. The fraction of sp³-hybridized carbons (Fsp3) is 0.562. The Labute approximate surface area is 137 Å². The number of rotatable bonds is 6. The van der Waals surface area contributed by atoms with Crippen LogP contribution < -0.4 is 10.6 Å². The van der Waals surface area contributed by atoms with Crippen LogP contribution in [0.25, 0.3) is 0 Å². The highest BCUT2D eigenvalue weighted by atomic mass is 35.5. The molecule has 0 unspecified atom stereocenters. The van der Waals surface area contributed by atoms with Gasteiger partial charge >= 0.3 is 6.03 Å². The monoisotopic (exact) mass is 325 g/mol. The van der Waals surface area contributed by atoms with Crippen LogP contribution in [0.1, 0.15) is 12.8 Å². The van der Waals surface area contributed by atoms with Crippen LogP contribution in [0, 0.1) is 5.92 Å². The number of methoxy groups -OCH3 is 1. The first-order valence-corrected chi connectivity index (χ1v) is 8.07. The predicted octanol–water partition coefficient (Wildman–Crippen LogP) is 2.82. The molecule has 0 atom stereocenters. The van der Waals surface area contributed by atoms with Crippen molar-refractivity contribution < 1.29 is 9.53 Å². The number of likely N-dealkylation sites (tertiary alicyclic amines) is 1. The molecule has 122 valence electrons. The number of benzene rings is 1. The second-order valence-corrected chi connectivity index (χ2v) is 6.06. The minimum Gasteiger partial charge on any atom is -0.383 e. The number of ether oxygens (including phenoxy) is 1. The Hall–Kier alpha value is -1.30. The highest BCUT2D eigenvalue weighted by Crippen LogP contribution is 2.16. The van der Waals surface area contributed by atoms with Crippen molar-refractivity contribution in [1.82, 2.24) is 10.2 Å². The summed E-state index contributed by atoms with van der Waals surface area (Å²) in [5.41, 5.74) is 0.747. The summed E-state index contributed by atoms with van der Waals surface area (Å²) in [4.78, 5) is 14.3. The van der Waals surface area contributed by atoms with Gasteiger partial charge in [0.1, 0.15) is 0 Å². The van der Waals surface area contributed by atoms with E-state index in [4.69, 9.17) is 16.3 Å². The summed E-state index contributed by atoms with van der Waals surface area (Å²) in [5.74, 6) is 0.551. The van der Waals surface area contributed by atoms with Gasteiger partial charge < -0.3 is 20.3 Å². The van der Waals surface area contributed by atoms with E-state index in [1.54, 1.807) is 31.4 Å². The van der Waals surface area contributed by atoms with E-state index in [0.29, 0.717) is 10.9 Å². The zero-order valence-electron chi connectivity index (χ0n) is 13.0. The first-order valence-electron chi connectivity index (χ1n) is 7.69. The lowest BCUT2D eigenvalue weighted by Gasteiger charge is -2.31. The van der Waals surface area contributed by atoms with Crippen molar-refractivity contribution >= 4 is 23.3 Å². The van der Waals surface area contributed by atoms with E-state index < -0.39 is 0 Å². The number of amides is 2. The number of carbonyl (C=O) groups excluding carboxylic acids is 1. The zero-order valence-corrected chi connectivity index (χ0v) is 13.7. The summed E-state index contributed by atoms with van der Waals surface area (Å²) in [6.07, 6.45) is 2.23. The molecule has 0 aliphatic carbocycles. The van der Waals surface area contributed by atoms with Crippen molar-refractivity contribution in [1.29, 1.82) is 0 Å². The fourth-order valence-electron chi connectivity index (χ4n) is 2.58. The highest BCUT2D eigenvalue weighted by Gasteiger charge is 2.19. The summed E-state index contributed by atoms with van der Waals surface area (Å²) >= 11 is 5.81. The van der Waals surface area contributed by atoms with E-state index in [9.17, 15) is 4.79 Å². The third kappa shape index (κ3) is 5.83. The lowest BCUT2D eigenvalue weighted by atomic mass is 9.97. The maximum Gasteiger partial charge on any atom is 0.319 e. The predicted molar refractivity (Wildman–Crippen MR) is 89.5 cm³/mol. The van der Waals surface area contributed by atoms with Crippen LogP contribution in [0.4, 0.5) is 10.5 Å².